The molecule has 3 nitrogen and oxygen atoms in total. The van der Waals surface area contributed by atoms with Crippen LogP contribution in [0.4, 0.5) is 8.78 Å². The molecule has 0 spiro atoms. The van der Waals surface area contributed by atoms with E-state index in [1.807, 2.05) is 0 Å². The maximum Gasteiger partial charge on any atom is 0.266 e. The van der Waals surface area contributed by atoms with Crippen molar-refractivity contribution in [3.63, 3.8) is 0 Å². The lowest BCUT2D eigenvalue weighted by Gasteiger charge is -2.06. The van der Waals surface area contributed by atoms with Crippen molar-refractivity contribution in [3.05, 3.63) is 26.6 Å². The van der Waals surface area contributed by atoms with Crippen molar-refractivity contribution in [2.75, 3.05) is 0 Å². The van der Waals surface area contributed by atoms with Gasteiger partial charge >= 0.3 is 0 Å². The van der Waals surface area contributed by atoms with Crippen molar-refractivity contribution >= 4 is 22.6 Å². The van der Waals surface area contributed by atoms with Gasteiger partial charge in [-0.25, -0.2) is 8.78 Å². The summed E-state index contributed by atoms with van der Waals surface area (Å²) in [5, 5.41) is 17.5. The van der Waals surface area contributed by atoms with Crippen molar-refractivity contribution in [1.29, 1.82) is 5.26 Å². The molecule has 1 rings (SSSR count). The standard InChI is InChI=1S/C8H5F2IN2O/c9-8(10)5-2-13-6(3-14)4(1-12)7(5)11/h2,8,14H,3H2. The van der Waals surface area contributed by atoms with Gasteiger partial charge in [-0.05, 0) is 22.6 Å². The fraction of sp³-hybridized carbons (Fsp3) is 0.250. The average Bonchev–Trinajstić information content (AvgIpc) is 2.16. The first-order valence-electron chi connectivity index (χ1n) is 3.58. The second kappa shape index (κ2) is 4.61. The predicted molar refractivity (Wildman–Crippen MR) is 52.5 cm³/mol. The molecule has 1 N–H and O–H groups in total. The Morgan fingerprint density at radius 3 is 2.71 bits per heavy atom. The molecule has 0 unspecified atom stereocenters. The highest BCUT2D eigenvalue weighted by molar-refractivity contribution is 14.1. The lowest BCUT2D eigenvalue weighted by atomic mass is 10.1. The minimum Gasteiger partial charge on any atom is -0.390 e. The number of aromatic nitrogens is 1. The zero-order chi connectivity index (χ0) is 10.7. The van der Waals surface area contributed by atoms with Crippen LogP contribution in [0.5, 0.6) is 0 Å². The van der Waals surface area contributed by atoms with E-state index in [9.17, 15) is 8.78 Å². The summed E-state index contributed by atoms with van der Waals surface area (Å²) < 4.78 is 24.9. The molecule has 1 aromatic rings. The van der Waals surface area contributed by atoms with Crippen LogP contribution >= 0.6 is 22.6 Å². The molecule has 0 aromatic carbocycles. The quantitative estimate of drug-likeness (QED) is 0.850. The molecule has 0 saturated carbocycles. The lowest BCUT2D eigenvalue weighted by molar-refractivity contribution is 0.149. The third-order valence-corrected chi connectivity index (χ3v) is 2.78. The van der Waals surface area contributed by atoms with Gasteiger partial charge in [-0.3, -0.25) is 4.98 Å². The molecular formula is C8H5F2IN2O. The van der Waals surface area contributed by atoms with E-state index in [1.165, 1.54) is 0 Å². The maximum absolute atomic E-state index is 12.4. The molecule has 0 saturated heterocycles. The number of pyridine rings is 1. The summed E-state index contributed by atoms with van der Waals surface area (Å²) in [7, 11) is 0. The lowest BCUT2D eigenvalue weighted by Crippen LogP contribution is -2.02. The van der Waals surface area contributed by atoms with Crippen molar-refractivity contribution in [2.45, 2.75) is 13.0 Å². The Morgan fingerprint density at radius 1 is 1.64 bits per heavy atom. The van der Waals surface area contributed by atoms with Crippen LogP contribution in [0.1, 0.15) is 23.2 Å². The van der Waals surface area contributed by atoms with Gasteiger partial charge in [0.1, 0.15) is 6.07 Å². The molecule has 0 radical (unpaired) electrons. The number of hydrogen-bond acceptors (Lipinski definition) is 3. The second-order valence-electron chi connectivity index (χ2n) is 2.42. The Bertz CT molecular complexity index is 390. The van der Waals surface area contributed by atoms with Crippen LogP contribution in [0, 0.1) is 14.9 Å². The van der Waals surface area contributed by atoms with E-state index in [4.69, 9.17) is 10.4 Å². The van der Waals surface area contributed by atoms with Gasteiger partial charge in [0.2, 0.25) is 0 Å². The summed E-state index contributed by atoms with van der Waals surface area (Å²) in [4.78, 5) is 3.59. The first kappa shape index (κ1) is 11.3. The number of hydrogen-bond donors (Lipinski definition) is 1. The summed E-state index contributed by atoms with van der Waals surface area (Å²) in [6, 6.07) is 1.75. The van der Waals surface area contributed by atoms with Crippen molar-refractivity contribution in [3.8, 4) is 6.07 Å². The van der Waals surface area contributed by atoms with E-state index in [2.05, 4.69) is 4.98 Å². The number of rotatable bonds is 2. The van der Waals surface area contributed by atoms with Crippen LogP contribution in [0.2, 0.25) is 0 Å². The normalized spacial score (nSPS) is 10.3. The van der Waals surface area contributed by atoms with Gasteiger partial charge in [0, 0.05) is 9.77 Å². The van der Waals surface area contributed by atoms with E-state index < -0.39 is 13.0 Å². The highest BCUT2D eigenvalue weighted by atomic mass is 127. The first-order chi connectivity index (χ1) is 6.61. The molecule has 74 valence electrons. The van der Waals surface area contributed by atoms with Gasteiger partial charge < -0.3 is 5.11 Å². The zero-order valence-corrected chi connectivity index (χ0v) is 8.99. The average molecular weight is 310 g/mol. The molecule has 0 bridgehead atoms. The summed E-state index contributed by atoms with van der Waals surface area (Å²) in [6.07, 6.45) is -1.67. The van der Waals surface area contributed by atoms with Crippen LogP contribution in [0.25, 0.3) is 0 Å². The van der Waals surface area contributed by atoms with E-state index in [0.717, 1.165) is 6.20 Å². The Kier molecular flexibility index (Phi) is 3.71. The number of nitriles is 1. The second-order valence-corrected chi connectivity index (χ2v) is 3.50. The largest absolute Gasteiger partial charge is 0.390 e. The molecule has 0 fully saturated rings. The molecule has 0 aliphatic rings. The number of aliphatic hydroxyl groups excluding tert-OH is 1. The number of alkyl halides is 2. The summed E-state index contributed by atoms with van der Waals surface area (Å²) in [5.41, 5.74) is -0.133. The zero-order valence-electron chi connectivity index (χ0n) is 6.84. The minimum absolute atomic E-state index is 0.0194. The SMILES string of the molecule is N#Cc1c(CO)ncc(C(F)F)c1I. The number of nitrogens with zero attached hydrogens (tertiary/aromatic N) is 2. The molecule has 0 aliphatic carbocycles. The van der Waals surface area contributed by atoms with Crippen LogP contribution in [-0.4, -0.2) is 10.1 Å². The molecule has 1 heterocycles. The third-order valence-electron chi connectivity index (χ3n) is 1.62. The Morgan fingerprint density at radius 2 is 2.29 bits per heavy atom. The minimum atomic E-state index is -2.66. The van der Waals surface area contributed by atoms with Crippen LogP contribution in [0.3, 0.4) is 0 Å². The summed E-state index contributed by atoms with van der Waals surface area (Å²) in [6.45, 7) is -0.428. The molecule has 0 aliphatic heterocycles. The van der Waals surface area contributed by atoms with Gasteiger partial charge in [0.25, 0.3) is 6.43 Å². The number of aliphatic hydroxyl groups is 1. The molecule has 6 heteroatoms. The van der Waals surface area contributed by atoms with E-state index in [1.54, 1.807) is 28.7 Å². The molecule has 0 atom stereocenters. The summed E-state index contributed by atoms with van der Waals surface area (Å²) >= 11 is 1.65. The van der Waals surface area contributed by atoms with Crippen molar-refractivity contribution in [1.82, 2.24) is 4.98 Å². The monoisotopic (exact) mass is 310 g/mol. The Hall–Kier alpha value is -0.810. The first-order valence-corrected chi connectivity index (χ1v) is 4.66. The Balaban J connectivity index is 3.37. The smallest absolute Gasteiger partial charge is 0.266 e. The maximum atomic E-state index is 12.4. The van der Waals surface area contributed by atoms with E-state index in [-0.39, 0.29) is 20.4 Å². The fourth-order valence-corrected chi connectivity index (χ4v) is 1.73. The highest BCUT2D eigenvalue weighted by Gasteiger charge is 2.17. The van der Waals surface area contributed by atoms with Crippen LogP contribution in [0.15, 0.2) is 6.20 Å². The van der Waals surface area contributed by atoms with Gasteiger partial charge in [-0.2, -0.15) is 5.26 Å². The summed E-state index contributed by atoms with van der Waals surface area (Å²) in [5.74, 6) is 0. The van der Waals surface area contributed by atoms with Gasteiger partial charge in [-0.1, -0.05) is 0 Å². The van der Waals surface area contributed by atoms with Crippen molar-refractivity contribution in [2.24, 2.45) is 0 Å². The van der Waals surface area contributed by atoms with Crippen LogP contribution < -0.4 is 0 Å². The molecule has 1 aromatic heterocycles. The van der Waals surface area contributed by atoms with Crippen LogP contribution in [-0.2, 0) is 6.61 Å². The topological polar surface area (TPSA) is 56.9 Å². The van der Waals surface area contributed by atoms with Gasteiger partial charge in [0.15, 0.2) is 0 Å². The third kappa shape index (κ3) is 1.99. The molecular weight excluding hydrogens is 305 g/mol. The van der Waals surface area contributed by atoms with E-state index >= 15 is 0 Å². The Labute approximate surface area is 92.5 Å². The predicted octanol–water partition coefficient (Wildman–Crippen LogP) is 1.99. The highest BCUT2D eigenvalue weighted by Crippen LogP contribution is 2.27. The van der Waals surface area contributed by atoms with Crippen molar-refractivity contribution < 1.29 is 13.9 Å². The van der Waals surface area contributed by atoms with Gasteiger partial charge in [-0.15, -0.1) is 0 Å². The molecule has 14 heavy (non-hydrogen) atoms. The number of halogens is 3. The van der Waals surface area contributed by atoms with Gasteiger partial charge in [0.05, 0.1) is 23.4 Å². The fourth-order valence-electron chi connectivity index (χ4n) is 0.925. The molecule has 0 amide bonds. The van der Waals surface area contributed by atoms with E-state index in [0.29, 0.717) is 0 Å².